The van der Waals surface area contributed by atoms with Crippen LogP contribution in [0, 0.1) is 6.92 Å². The molecule has 36 heavy (non-hydrogen) atoms. The number of ether oxygens (including phenoxy) is 2. The van der Waals surface area contributed by atoms with Crippen molar-refractivity contribution in [1.82, 2.24) is 4.98 Å². The number of benzene rings is 2. The van der Waals surface area contributed by atoms with Crippen LogP contribution in [0.1, 0.15) is 41.1 Å². The van der Waals surface area contributed by atoms with Crippen LogP contribution in [0.5, 0.6) is 5.75 Å². The summed E-state index contributed by atoms with van der Waals surface area (Å²) in [5.41, 5.74) is 2.05. The zero-order chi connectivity index (χ0) is 26.5. The number of aryl methyl sites for hydroxylation is 2. The molecule has 10 heteroatoms. The molecule has 1 heterocycles. The molecule has 0 aliphatic heterocycles. The summed E-state index contributed by atoms with van der Waals surface area (Å²) < 4.78 is 49.2. The first-order chi connectivity index (χ1) is 17.0. The Hall–Kier alpha value is -3.24. The summed E-state index contributed by atoms with van der Waals surface area (Å²) in [6, 6.07) is 9.78. The number of aliphatic carboxylic acids is 1. The van der Waals surface area contributed by atoms with E-state index in [4.69, 9.17) is 9.47 Å². The Balaban J connectivity index is 1.69. The normalized spacial score (nSPS) is 12.4. The van der Waals surface area contributed by atoms with Crippen molar-refractivity contribution in [2.45, 2.75) is 52.3 Å². The molecule has 0 amide bonds. The van der Waals surface area contributed by atoms with Gasteiger partial charge in [0.15, 0.2) is 6.10 Å². The molecule has 1 atom stereocenters. The van der Waals surface area contributed by atoms with E-state index in [9.17, 15) is 27.9 Å². The number of halogens is 3. The third-order valence-electron chi connectivity index (χ3n) is 5.50. The largest absolute Gasteiger partial charge is 0.479 e. The highest BCUT2D eigenvalue weighted by atomic mass is 32.1. The van der Waals surface area contributed by atoms with E-state index >= 15 is 0 Å². The lowest BCUT2D eigenvalue weighted by Gasteiger charge is -2.15. The minimum atomic E-state index is -4.41. The molecule has 0 saturated carbocycles. The quantitative estimate of drug-likeness (QED) is 0.265. The smallest absolute Gasteiger partial charge is 0.416 e. The molecule has 192 valence electrons. The highest BCUT2D eigenvalue weighted by Crippen LogP contribution is 2.33. The van der Waals surface area contributed by atoms with Crippen LogP contribution in [0.15, 0.2) is 42.5 Å². The van der Waals surface area contributed by atoms with Gasteiger partial charge in [-0.05, 0) is 55.7 Å². The van der Waals surface area contributed by atoms with Gasteiger partial charge in [-0.25, -0.2) is 9.78 Å². The van der Waals surface area contributed by atoms with Crippen molar-refractivity contribution in [3.63, 3.8) is 0 Å². The first-order valence-corrected chi connectivity index (χ1v) is 12.1. The van der Waals surface area contributed by atoms with Crippen LogP contribution in [0.4, 0.5) is 13.2 Å². The van der Waals surface area contributed by atoms with Crippen molar-refractivity contribution >= 4 is 23.3 Å². The van der Waals surface area contributed by atoms with Gasteiger partial charge in [0.1, 0.15) is 10.8 Å². The molecule has 0 bridgehead atoms. The average molecular weight is 522 g/mol. The van der Waals surface area contributed by atoms with Crippen LogP contribution in [0.3, 0.4) is 0 Å². The monoisotopic (exact) mass is 521 g/mol. The van der Waals surface area contributed by atoms with Crippen LogP contribution in [-0.2, 0) is 39.8 Å². The van der Waals surface area contributed by atoms with Crippen LogP contribution in [-0.4, -0.2) is 34.7 Å². The van der Waals surface area contributed by atoms with E-state index in [-0.39, 0.29) is 19.4 Å². The van der Waals surface area contributed by atoms with Crippen LogP contribution in [0.25, 0.3) is 10.6 Å². The number of hydrogen-bond acceptors (Lipinski definition) is 6. The minimum absolute atomic E-state index is 0.0429. The fourth-order valence-corrected chi connectivity index (χ4v) is 4.68. The van der Waals surface area contributed by atoms with E-state index in [1.807, 2.05) is 6.92 Å². The summed E-state index contributed by atoms with van der Waals surface area (Å²) >= 11 is 1.23. The lowest BCUT2D eigenvalue weighted by Crippen LogP contribution is -2.26. The number of carbonyl (C=O) groups excluding carboxylic acids is 1. The molecular formula is C26H26F3NO5S. The summed E-state index contributed by atoms with van der Waals surface area (Å²) in [5, 5.41) is 9.86. The number of alkyl halides is 3. The van der Waals surface area contributed by atoms with Crippen LogP contribution in [0.2, 0.25) is 0 Å². The predicted octanol–water partition coefficient (Wildman–Crippen LogP) is 5.88. The topological polar surface area (TPSA) is 85.7 Å². The standard InChI is InChI=1S/C26H26F3NO5S/c1-4-16-12-20(11-8-18(16)13-21(25(32)33)34-5-2)35-23(31)14-22-15(3)30-24(36-22)17-6-9-19(10-7-17)26(27,28)29/h6-12,21H,4-5,13-14H2,1-3H3,(H,32,33)/t21-/m0/s1. The summed E-state index contributed by atoms with van der Waals surface area (Å²) in [6.07, 6.45) is -4.60. The van der Waals surface area contributed by atoms with E-state index in [0.29, 0.717) is 33.3 Å². The Morgan fingerprint density at radius 2 is 1.78 bits per heavy atom. The second kappa shape index (κ2) is 11.7. The molecule has 1 N–H and O–H groups in total. The maximum Gasteiger partial charge on any atom is 0.416 e. The van der Waals surface area contributed by atoms with Gasteiger partial charge in [-0.3, -0.25) is 4.79 Å². The molecule has 1 aromatic heterocycles. The SMILES string of the molecule is CCO[C@@H](Cc1ccc(OC(=O)Cc2sc(-c3ccc(C(F)(F)F)cc3)nc2C)cc1CC)C(=O)O. The van der Waals surface area contributed by atoms with Crippen molar-refractivity contribution in [3.05, 3.63) is 69.7 Å². The Kier molecular flexibility index (Phi) is 8.86. The molecule has 0 saturated heterocycles. The maximum atomic E-state index is 12.8. The van der Waals surface area contributed by atoms with Gasteiger partial charge in [-0.1, -0.05) is 25.1 Å². The molecule has 6 nitrogen and oxygen atoms in total. The van der Waals surface area contributed by atoms with Gasteiger partial charge in [-0.15, -0.1) is 11.3 Å². The molecule has 0 spiro atoms. The summed E-state index contributed by atoms with van der Waals surface area (Å²) in [4.78, 5) is 29.1. The van der Waals surface area contributed by atoms with Crippen molar-refractivity contribution in [2.75, 3.05) is 6.61 Å². The zero-order valence-electron chi connectivity index (χ0n) is 20.0. The molecule has 0 unspecified atom stereocenters. The van der Waals surface area contributed by atoms with Crippen LogP contribution < -0.4 is 4.74 Å². The van der Waals surface area contributed by atoms with Crippen LogP contribution >= 0.6 is 11.3 Å². The molecule has 0 aliphatic carbocycles. The lowest BCUT2D eigenvalue weighted by atomic mass is 9.99. The minimum Gasteiger partial charge on any atom is -0.479 e. The Morgan fingerprint density at radius 3 is 2.36 bits per heavy atom. The number of carbonyl (C=O) groups is 2. The Bertz CT molecular complexity index is 1220. The number of thiazole rings is 1. The number of carboxylic acids is 1. The summed E-state index contributed by atoms with van der Waals surface area (Å²) in [6.45, 7) is 5.67. The molecule has 0 fully saturated rings. The van der Waals surface area contributed by atoms with Crippen molar-refractivity contribution in [3.8, 4) is 16.3 Å². The van der Waals surface area contributed by atoms with Crippen molar-refractivity contribution < 1.29 is 37.3 Å². The Labute approximate surface area is 210 Å². The highest BCUT2D eigenvalue weighted by molar-refractivity contribution is 7.15. The maximum absolute atomic E-state index is 12.8. The van der Waals surface area contributed by atoms with Gasteiger partial charge in [0.2, 0.25) is 0 Å². The van der Waals surface area contributed by atoms with Gasteiger partial charge >= 0.3 is 18.1 Å². The first-order valence-electron chi connectivity index (χ1n) is 11.3. The number of carboxylic acid groups (broad SMARTS) is 1. The Morgan fingerprint density at radius 1 is 1.08 bits per heavy atom. The fraction of sp³-hybridized carbons (Fsp3) is 0.346. The molecule has 0 radical (unpaired) electrons. The summed E-state index contributed by atoms with van der Waals surface area (Å²) in [5.74, 6) is -1.20. The molecule has 2 aromatic carbocycles. The van der Waals surface area contributed by atoms with Crippen molar-refractivity contribution in [2.24, 2.45) is 0 Å². The predicted molar refractivity (Wildman–Crippen MR) is 129 cm³/mol. The highest BCUT2D eigenvalue weighted by Gasteiger charge is 2.30. The van der Waals surface area contributed by atoms with Gasteiger partial charge in [0.25, 0.3) is 0 Å². The number of rotatable bonds is 10. The van der Waals surface area contributed by atoms with Gasteiger partial charge < -0.3 is 14.6 Å². The van der Waals surface area contributed by atoms with E-state index in [2.05, 4.69) is 4.98 Å². The third-order valence-corrected chi connectivity index (χ3v) is 6.70. The first kappa shape index (κ1) is 27.3. The number of hydrogen-bond donors (Lipinski definition) is 1. The summed E-state index contributed by atoms with van der Waals surface area (Å²) in [7, 11) is 0. The van der Waals surface area contributed by atoms with Crippen molar-refractivity contribution in [1.29, 1.82) is 0 Å². The van der Waals surface area contributed by atoms with Gasteiger partial charge in [0.05, 0.1) is 17.7 Å². The lowest BCUT2D eigenvalue weighted by molar-refractivity contribution is -0.150. The zero-order valence-corrected chi connectivity index (χ0v) is 20.8. The number of esters is 1. The molecule has 3 rings (SSSR count). The third kappa shape index (κ3) is 6.92. The number of aromatic nitrogens is 1. The van der Waals surface area contributed by atoms with E-state index < -0.39 is 29.8 Å². The van der Waals surface area contributed by atoms with Gasteiger partial charge in [0, 0.05) is 23.5 Å². The van der Waals surface area contributed by atoms with Gasteiger partial charge in [-0.2, -0.15) is 13.2 Å². The van der Waals surface area contributed by atoms with E-state index in [1.165, 1.54) is 23.5 Å². The second-order valence-corrected chi connectivity index (χ2v) is 9.11. The molecule has 0 aliphatic rings. The fourth-order valence-electron chi connectivity index (χ4n) is 3.63. The molecular weight excluding hydrogens is 495 g/mol. The van der Waals surface area contributed by atoms with E-state index in [0.717, 1.165) is 23.3 Å². The average Bonchev–Trinajstić information content (AvgIpc) is 3.18. The number of nitrogens with zero attached hydrogens (tertiary/aromatic N) is 1. The molecule has 3 aromatic rings. The second-order valence-electron chi connectivity index (χ2n) is 8.02. The van der Waals surface area contributed by atoms with E-state index in [1.54, 1.807) is 32.0 Å².